The second-order valence-electron chi connectivity index (χ2n) is 7.14. The third-order valence-corrected chi connectivity index (χ3v) is 5.61. The van der Waals surface area contributed by atoms with E-state index in [-0.39, 0.29) is 23.3 Å². The van der Waals surface area contributed by atoms with E-state index < -0.39 is 0 Å². The summed E-state index contributed by atoms with van der Waals surface area (Å²) in [6, 6.07) is 3.82. The quantitative estimate of drug-likeness (QED) is 0.836. The van der Waals surface area contributed by atoms with Gasteiger partial charge in [0.25, 0.3) is 0 Å². The van der Waals surface area contributed by atoms with Crippen LogP contribution in [0.4, 0.5) is 0 Å². The first-order chi connectivity index (χ1) is 11.7. The number of carbonyl (C=O) groups excluding carboxylic acids is 2. The monoisotopic (exact) mass is 329 g/mol. The van der Waals surface area contributed by atoms with Gasteiger partial charge < -0.3 is 14.5 Å². The van der Waals surface area contributed by atoms with Crippen LogP contribution in [0.3, 0.4) is 0 Å². The van der Waals surface area contributed by atoms with E-state index in [4.69, 9.17) is 4.74 Å². The van der Waals surface area contributed by atoms with Crippen molar-refractivity contribution in [3.63, 3.8) is 0 Å². The molecule has 0 saturated carbocycles. The van der Waals surface area contributed by atoms with Gasteiger partial charge >= 0.3 is 0 Å². The lowest BCUT2D eigenvalue weighted by atomic mass is 9.84. The number of carbonyl (C=O) groups is 2. The summed E-state index contributed by atoms with van der Waals surface area (Å²) in [5.74, 6) is -0.00949. The number of aromatic nitrogens is 1. The van der Waals surface area contributed by atoms with Crippen molar-refractivity contribution in [3.05, 3.63) is 30.1 Å². The molecular weight excluding hydrogens is 306 g/mol. The molecule has 1 atom stereocenters. The Morgan fingerprint density at radius 2 is 2.12 bits per heavy atom. The zero-order chi connectivity index (χ0) is 16.6. The van der Waals surface area contributed by atoms with Crippen molar-refractivity contribution in [2.24, 2.45) is 5.92 Å². The number of piperidine rings is 1. The van der Waals surface area contributed by atoms with Gasteiger partial charge in [0.2, 0.25) is 11.8 Å². The average Bonchev–Trinajstić information content (AvgIpc) is 2.95. The van der Waals surface area contributed by atoms with Crippen LogP contribution < -0.4 is 0 Å². The molecule has 3 aliphatic heterocycles. The molecule has 4 heterocycles. The van der Waals surface area contributed by atoms with E-state index in [9.17, 15) is 9.59 Å². The maximum atomic E-state index is 12.8. The molecule has 3 fully saturated rings. The SMILES string of the molecule is O=C1CC(C(=O)N2CCC3(CCO3)CC2)CN1Cc1cccnc1. The molecule has 24 heavy (non-hydrogen) atoms. The Hall–Kier alpha value is -1.95. The van der Waals surface area contributed by atoms with Gasteiger partial charge in [-0.3, -0.25) is 14.6 Å². The Bertz CT molecular complexity index is 620. The lowest BCUT2D eigenvalue weighted by molar-refractivity contribution is -0.177. The van der Waals surface area contributed by atoms with E-state index in [1.807, 2.05) is 17.0 Å². The van der Waals surface area contributed by atoms with Gasteiger partial charge in [0.15, 0.2) is 0 Å². The molecule has 0 bridgehead atoms. The highest BCUT2D eigenvalue weighted by Gasteiger charge is 2.44. The third-order valence-electron chi connectivity index (χ3n) is 5.61. The van der Waals surface area contributed by atoms with E-state index in [0.717, 1.165) is 44.5 Å². The average molecular weight is 329 g/mol. The highest BCUT2D eigenvalue weighted by molar-refractivity contribution is 5.89. The molecule has 128 valence electrons. The number of amides is 2. The predicted molar refractivity (Wildman–Crippen MR) is 86.9 cm³/mol. The Labute approximate surface area is 141 Å². The van der Waals surface area contributed by atoms with Gasteiger partial charge in [-0.15, -0.1) is 0 Å². The van der Waals surface area contributed by atoms with Crippen LogP contribution in [-0.2, 0) is 20.9 Å². The van der Waals surface area contributed by atoms with Crippen LogP contribution in [0.5, 0.6) is 0 Å². The number of hydrogen-bond donors (Lipinski definition) is 0. The molecule has 1 aromatic heterocycles. The molecule has 0 radical (unpaired) electrons. The van der Waals surface area contributed by atoms with Crippen LogP contribution in [-0.4, -0.2) is 58.4 Å². The maximum Gasteiger partial charge on any atom is 0.227 e. The van der Waals surface area contributed by atoms with Gasteiger partial charge in [0, 0.05) is 45.0 Å². The van der Waals surface area contributed by atoms with Crippen LogP contribution in [0.25, 0.3) is 0 Å². The molecule has 0 aromatic carbocycles. The van der Waals surface area contributed by atoms with Gasteiger partial charge in [-0.2, -0.15) is 0 Å². The van der Waals surface area contributed by atoms with Crippen LogP contribution in [0.2, 0.25) is 0 Å². The first-order valence-electron chi connectivity index (χ1n) is 8.75. The van der Waals surface area contributed by atoms with E-state index in [2.05, 4.69) is 4.98 Å². The molecule has 2 amide bonds. The van der Waals surface area contributed by atoms with Gasteiger partial charge in [-0.25, -0.2) is 0 Å². The summed E-state index contributed by atoms with van der Waals surface area (Å²) in [5, 5.41) is 0. The van der Waals surface area contributed by atoms with Gasteiger partial charge in [0.1, 0.15) is 0 Å². The Morgan fingerprint density at radius 1 is 1.33 bits per heavy atom. The van der Waals surface area contributed by atoms with Crippen molar-refractivity contribution in [1.29, 1.82) is 0 Å². The van der Waals surface area contributed by atoms with Crippen LogP contribution in [0, 0.1) is 5.92 Å². The Balaban J connectivity index is 1.33. The van der Waals surface area contributed by atoms with Crippen molar-refractivity contribution in [2.45, 2.75) is 37.8 Å². The standard InChI is InChI=1S/C18H23N3O3/c22-16-10-15(13-21(16)12-14-2-1-6-19-11-14)17(23)20-7-3-18(4-8-20)5-9-24-18/h1-2,6,11,15H,3-5,7-10,12-13H2. The van der Waals surface area contributed by atoms with E-state index >= 15 is 0 Å². The number of rotatable bonds is 3. The smallest absolute Gasteiger partial charge is 0.227 e. The molecule has 1 aromatic rings. The highest BCUT2D eigenvalue weighted by atomic mass is 16.5. The predicted octanol–water partition coefficient (Wildman–Crippen LogP) is 1.21. The second kappa shape index (κ2) is 6.16. The summed E-state index contributed by atoms with van der Waals surface area (Å²) in [6.07, 6.45) is 6.80. The van der Waals surface area contributed by atoms with Crippen molar-refractivity contribution in [3.8, 4) is 0 Å². The lowest BCUT2D eigenvalue weighted by Gasteiger charge is -2.47. The van der Waals surface area contributed by atoms with Crippen LogP contribution >= 0.6 is 0 Å². The van der Waals surface area contributed by atoms with Gasteiger partial charge in [0.05, 0.1) is 18.1 Å². The number of nitrogens with zero attached hydrogens (tertiary/aromatic N) is 3. The molecule has 6 nitrogen and oxygen atoms in total. The molecule has 0 N–H and O–H groups in total. The summed E-state index contributed by atoms with van der Waals surface area (Å²) >= 11 is 0. The number of likely N-dealkylation sites (tertiary alicyclic amines) is 2. The molecular formula is C18H23N3O3. The molecule has 1 unspecified atom stereocenters. The second-order valence-corrected chi connectivity index (χ2v) is 7.14. The van der Waals surface area contributed by atoms with Crippen LogP contribution in [0.1, 0.15) is 31.2 Å². The summed E-state index contributed by atoms with van der Waals surface area (Å²) in [7, 11) is 0. The minimum absolute atomic E-state index is 0.0502. The summed E-state index contributed by atoms with van der Waals surface area (Å²) in [4.78, 5) is 32.8. The molecule has 0 aliphatic carbocycles. The normalized spacial score (nSPS) is 25.8. The fraction of sp³-hybridized carbons (Fsp3) is 0.611. The molecule has 1 spiro atoms. The third kappa shape index (κ3) is 2.90. The summed E-state index contributed by atoms with van der Waals surface area (Å²) in [5.41, 5.74) is 1.05. The number of ether oxygens (including phenoxy) is 1. The van der Waals surface area contributed by atoms with Gasteiger partial charge in [-0.1, -0.05) is 6.07 Å². The first-order valence-corrected chi connectivity index (χ1v) is 8.75. The van der Waals surface area contributed by atoms with Crippen molar-refractivity contribution >= 4 is 11.8 Å². The molecule has 4 rings (SSSR count). The zero-order valence-electron chi connectivity index (χ0n) is 13.8. The Morgan fingerprint density at radius 3 is 2.75 bits per heavy atom. The summed E-state index contributed by atoms with van der Waals surface area (Å²) < 4.78 is 5.71. The maximum absolute atomic E-state index is 12.8. The van der Waals surface area contributed by atoms with E-state index in [1.54, 1.807) is 17.3 Å². The number of hydrogen-bond acceptors (Lipinski definition) is 4. The van der Waals surface area contributed by atoms with Crippen molar-refractivity contribution in [2.75, 3.05) is 26.2 Å². The van der Waals surface area contributed by atoms with E-state index in [0.29, 0.717) is 19.5 Å². The highest BCUT2D eigenvalue weighted by Crippen LogP contribution is 2.37. The van der Waals surface area contributed by atoms with Crippen LogP contribution in [0.15, 0.2) is 24.5 Å². The minimum atomic E-state index is -0.203. The van der Waals surface area contributed by atoms with Crippen molar-refractivity contribution in [1.82, 2.24) is 14.8 Å². The fourth-order valence-electron chi connectivity index (χ4n) is 3.98. The largest absolute Gasteiger partial charge is 0.375 e. The van der Waals surface area contributed by atoms with Crippen molar-refractivity contribution < 1.29 is 14.3 Å². The first kappa shape index (κ1) is 15.6. The molecule has 3 aliphatic rings. The molecule has 6 heteroatoms. The molecule has 3 saturated heterocycles. The Kier molecular flexibility index (Phi) is 4.00. The lowest BCUT2D eigenvalue weighted by Crippen LogP contribution is -2.54. The van der Waals surface area contributed by atoms with E-state index in [1.165, 1.54) is 0 Å². The zero-order valence-corrected chi connectivity index (χ0v) is 13.8. The minimum Gasteiger partial charge on any atom is -0.375 e. The summed E-state index contributed by atoms with van der Waals surface area (Å²) in [6.45, 7) is 3.42. The number of pyridine rings is 1. The van der Waals surface area contributed by atoms with Gasteiger partial charge in [-0.05, 0) is 30.9 Å². The fourth-order valence-corrected chi connectivity index (χ4v) is 3.98. The topological polar surface area (TPSA) is 62.7 Å².